The number of nitrogens with zero attached hydrogens (tertiary/aromatic N) is 2. The molecule has 0 amide bonds. The number of nitrogens with one attached hydrogen (secondary N) is 1. The third kappa shape index (κ3) is 3.70. The second kappa shape index (κ2) is 7.50. The van der Waals surface area contributed by atoms with Crippen LogP contribution in [-0.4, -0.2) is 35.1 Å². The van der Waals surface area contributed by atoms with E-state index in [2.05, 4.69) is 25.8 Å². The predicted octanol–water partition coefficient (Wildman–Crippen LogP) is 3.75. The molecule has 5 nitrogen and oxygen atoms in total. The highest BCUT2D eigenvalue weighted by Gasteiger charge is 2.21. The molecule has 4 rings (SSSR count). The summed E-state index contributed by atoms with van der Waals surface area (Å²) in [7, 11) is 2.00. The average Bonchev–Trinajstić information content (AvgIpc) is 3.17. The highest BCUT2D eigenvalue weighted by Crippen LogP contribution is 2.34. The standard InChI is InChI=1S/C19H20BrN3O2S/c1-23(9-10-25-13-7-5-12(20)6-8-13)11-16-21-18(24)17-14-3-2-4-15(14)26-19(17)22-16/h5-8H,2-4,9-11H2,1H3,(H,21,22,24). The molecule has 2 aromatic heterocycles. The number of rotatable bonds is 6. The fourth-order valence-electron chi connectivity index (χ4n) is 3.31. The first-order valence-electron chi connectivity index (χ1n) is 8.70. The van der Waals surface area contributed by atoms with Crippen molar-refractivity contribution < 1.29 is 4.74 Å². The number of halogens is 1. The molecular formula is C19H20BrN3O2S. The van der Waals surface area contributed by atoms with E-state index in [9.17, 15) is 4.79 Å². The molecule has 136 valence electrons. The first-order valence-corrected chi connectivity index (χ1v) is 10.3. The van der Waals surface area contributed by atoms with Crippen molar-refractivity contribution in [2.75, 3.05) is 20.2 Å². The molecule has 1 N–H and O–H groups in total. The van der Waals surface area contributed by atoms with Crippen LogP contribution in [0.25, 0.3) is 10.2 Å². The summed E-state index contributed by atoms with van der Waals surface area (Å²) < 4.78 is 6.79. The van der Waals surface area contributed by atoms with Crippen molar-refractivity contribution in [3.63, 3.8) is 0 Å². The minimum Gasteiger partial charge on any atom is -0.492 e. The minimum atomic E-state index is 0.00362. The average molecular weight is 434 g/mol. The smallest absolute Gasteiger partial charge is 0.259 e. The summed E-state index contributed by atoms with van der Waals surface area (Å²) in [5.74, 6) is 1.57. The number of ether oxygens (including phenoxy) is 1. The van der Waals surface area contributed by atoms with Gasteiger partial charge in [0.2, 0.25) is 0 Å². The third-order valence-electron chi connectivity index (χ3n) is 4.60. The molecule has 0 bridgehead atoms. The monoisotopic (exact) mass is 433 g/mol. The summed E-state index contributed by atoms with van der Waals surface area (Å²) in [6.45, 7) is 1.92. The van der Waals surface area contributed by atoms with Crippen LogP contribution in [0.15, 0.2) is 33.5 Å². The van der Waals surface area contributed by atoms with E-state index >= 15 is 0 Å². The van der Waals surface area contributed by atoms with Gasteiger partial charge in [-0.05, 0) is 56.1 Å². The van der Waals surface area contributed by atoms with Crippen LogP contribution >= 0.6 is 27.3 Å². The number of aryl methyl sites for hydroxylation is 2. The van der Waals surface area contributed by atoms with Gasteiger partial charge in [-0.1, -0.05) is 15.9 Å². The van der Waals surface area contributed by atoms with Crippen LogP contribution in [0.2, 0.25) is 0 Å². The zero-order valence-corrected chi connectivity index (χ0v) is 17.0. The normalized spacial score (nSPS) is 13.5. The lowest BCUT2D eigenvalue weighted by atomic mass is 10.2. The molecule has 3 aromatic rings. The number of fused-ring (bicyclic) bond motifs is 3. The number of aromatic amines is 1. The van der Waals surface area contributed by atoms with E-state index in [4.69, 9.17) is 9.72 Å². The van der Waals surface area contributed by atoms with Gasteiger partial charge in [0.1, 0.15) is 23.0 Å². The summed E-state index contributed by atoms with van der Waals surface area (Å²) in [4.78, 5) is 24.5. The van der Waals surface area contributed by atoms with Gasteiger partial charge in [-0.25, -0.2) is 4.98 Å². The third-order valence-corrected chi connectivity index (χ3v) is 6.31. The van der Waals surface area contributed by atoms with Crippen molar-refractivity contribution in [3.05, 3.63) is 55.4 Å². The first kappa shape index (κ1) is 17.7. The zero-order valence-electron chi connectivity index (χ0n) is 14.5. The van der Waals surface area contributed by atoms with Crippen LogP contribution in [0.5, 0.6) is 5.75 Å². The highest BCUT2D eigenvalue weighted by atomic mass is 79.9. The molecule has 2 heterocycles. The summed E-state index contributed by atoms with van der Waals surface area (Å²) in [5.41, 5.74) is 1.23. The van der Waals surface area contributed by atoms with Gasteiger partial charge in [-0.2, -0.15) is 0 Å². The molecular weight excluding hydrogens is 414 g/mol. The van der Waals surface area contributed by atoms with Gasteiger partial charge in [0, 0.05) is 15.9 Å². The molecule has 1 aliphatic rings. The van der Waals surface area contributed by atoms with Gasteiger partial charge in [0.15, 0.2) is 0 Å². The van der Waals surface area contributed by atoms with Gasteiger partial charge in [0.05, 0.1) is 11.9 Å². The molecule has 7 heteroatoms. The van der Waals surface area contributed by atoms with E-state index < -0.39 is 0 Å². The van der Waals surface area contributed by atoms with Crippen molar-refractivity contribution >= 4 is 37.5 Å². The lowest BCUT2D eigenvalue weighted by Gasteiger charge is -2.16. The van der Waals surface area contributed by atoms with E-state index in [0.29, 0.717) is 19.0 Å². The lowest BCUT2D eigenvalue weighted by molar-refractivity contribution is 0.230. The molecule has 0 spiro atoms. The summed E-state index contributed by atoms with van der Waals surface area (Å²) in [6, 6.07) is 7.79. The van der Waals surface area contributed by atoms with Crippen LogP contribution in [-0.2, 0) is 19.4 Å². The molecule has 0 fully saturated rings. The second-order valence-corrected chi connectivity index (χ2v) is 8.59. The molecule has 0 aliphatic heterocycles. The topological polar surface area (TPSA) is 58.2 Å². The van der Waals surface area contributed by atoms with E-state index in [1.54, 1.807) is 11.3 Å². The number of likely N-dealkylation sites (N-methyl/N-ethyl adjacent to an activating group) is 1. The summed E-state index contributed by atoms with van der Waals surface area (Å²) >= 11 is 5.09. The Kier molecular flexibility index (Phi) is 5.11. The van der Waals surface area contributed by atoms with Crippen molar-refractivity contribution in [2.24, 2.45) is 0 Å². The number of hydrogen-bond donors (Lipinski definition) is 1. The van der Waals surface area contributed by atoms with Crippen LogP contribution in [0.1, 0.15) is 22.7 Å². The molecule has 0 atom stereocenters. The predicted molar refractivity (Wildman–Crippen MR) is 108 cm³/mol. The maximum absolute atomic E-state index is 12.5. The van der Waals surface area contributed by atoms with E-state index in [0.717, 1.165) is 46.2 Å². The van der Waals surface area contributed by atoms with Crippen molar-refractivity contribution in [3.8, 4) is 5.75 Å². The Morgan fingerprint density at radius 3 is 2.92 bits per heavy atom. The Bertz CT molecular complexity index is 981. The largest absolute Gasteiger partial charge is 0.492 e. The molecule has 1 aromatic carbocycles. The number of aromatic nitrogens is 2. The Morgan fingerprint density at radius 1 is 1.31 bits per heavy atom. The molecule has 0 saturated heterocycles. The second-order valence-electron chi connectivity index (χ2n) is 6.59. The molecule has 0 unspecified atom stereocenters. The fraction of sp³-hybridized carbons (Fsp3) is 0.368. The van der Waals surface area contributed by atoms with Gasteiger partial charge in [0.25, 0.3) is 5.56 Å². The zero-order chi connectivity index (χ0) is 18.1. The quantitative estimate of drug-likeness (QED) is 0.642. The maximum Gasteiger partial charge on any atom is 0.259 e. The molecule has 26 heavy (non-hydrogen) atoms. The summed E-state index contributed by atoms with van der Waals surface area (Å²) in [6.07, 6.45) is 3.24. The molecule has 0 saturated carbocycles. The van der Waals surface area contributed by atoms with Crippen LogP contribution in [0.3, 0.4) is 0 Å². The minimum absolute atomic E-state index is 0.00362. The maximum atomic E-state index is 12.5. The van der Waals surface area contributed by atoms with Gasteiger partial charge in [-0.15, -0.1) is 11.3 Å². The number of thiophene rings is 1. The van der Waals surface area contributed by atoms with Crippen molar-refractivity contribution in [2.45, 2.75) is 25.8 Å². The van der Waals surface area contributed by atoms with E-state index in [-0.39, 0.29) is 5.56 Å². The van der Waals surface area contributed by atoms with Gasteiger partial charge < -0.3 is 9.72 Å². The Morgan fingerprint density at radius 2 is 2.12 bits per heavy atom. The van der Waals surface area contributed by atoms with Crippen LogP contribution < -0.4 is 10.3 Å². The number of H-pyrrole nitrogens is 1. The number of hydrogen-bond acceptors (Lipinski definition) is 5. The van der Waals surface area contributed by atoms with Crippen molar-refractivity contribution in [1.29, 1.82) is 0 Å². The SMILES string of the molecule is CN(CCOc1ccc(Br)cc1)Cc1nc2sc3c(c2c(=O)[nH]1)CCC3. The lowest BCUT2D eigenvalue weighted by Crippen LogP contribution is -2.26. The van der Waals surface area contributed by atoms with Crippen LogP contribution in [0.4, 0.5) is 0 Å². The molecule has 0 radical (unpaired) electrons. The number of benzene rings is 1. The van der Waals surface area contributed by atoms with E-state index in [1.165, 1.54) is 10.4 Å². The first-order chi connectivity index (χ1) is 12.6. The summed E-state index contributed by atoms with van der Waals surface area (Å²) in [5, 5.41) is 0.812. The van der Waals surface area contributed by atoms with Gasteiger partial charge >= 0.3 is 0 Å². The van der Waals surface area contributed by atoms with Crippen LogP contribution in [0, 0.1) is 0 Å². The Hall–Kier alpha value is -1.70. The highest BCUT2D eigenvalue weighted by molar-refractivity contribution is 9.10. The molecule has 1 aliphatic carbocycles. The van der Waals surface area contributed by atoms with Crippen molar-refractivity contribution in [1.82, 2.24) is 14.9 Å². The Labute approximate surface area is 164 Å². The van der Waals surface area contributed by atoms with E-state index in [1.807, 2.05) is 31.3 Å². The Balaban J connectivity index is 1.39. The fourth-order valence-corrected chi connectivity index (χ4v) is 4.85. The van der Waals surface area contributed by atoms with Gasteiger partial charge in [-0.3, -0.25) is 9.69 Å².